The molecule has 0 aliphatic carbocycles. The van der Waals surface area contributed by atoms with Gasteiger partial charge < -0.3 is 14.4 Å². The molecule has 2 aliphatic heterocycles. The minimum Gasteiger partial charge on any atom is -0.479 e. The quantitative estimate of drug-likeness (QED) is 0.768. The molecule has 3 atom stereocenters. The van der Waals surface area contributed by atoms with Gasteiger partial charge in [0.25, 0.3) is 0 Å². The van der Waals surface area contributed by atoms with Gasteiger partial charge in [-0.05, 0) is 63.4 Å². The Morgan fingerprint density at radius 3 is 2.43 bits per heavy atom. The van der Waals surface area contributed by atoms with Gasteiger partial charge in [-0.3, -0.25) is 0 Å². The minimum atomic E-state index is -0.562. The number of nitrogens with zero attached hydrogens (tertiary/aromatic N) is 1. The molecule has 2 bridgehead atoms. The molecule has 3 rings (SSSR count). The lowest BCUT2D eigenvalue weighted by atomic mass is 10.0. The predicted octanol–water partition coefficient (Wildman–Crippen LogP) is 3.67. The molecule has 5 heteroatoms. The van der Waals surface area contributed by atoms with Gasteiger partial charge in [-0.2, -0.15) is 0 Å². The molecule has 2 saturated heterocycles. The summed E-state index contributed by atoms with van der Waals surface area (Å²) in [6, 6.07) is 8.17. The Balaban J connectivity index is 1.56. The van der Waals surface area contributed by atoms with Crippen molar-refractivity contribution in [2.45, 2.75) is 63.3 Å². The molecule has 0 aromatic heterocycles. The monoisotopic (exact) mass is 337 g/mol. The number of carbonyl (C=O) groups is 1. The summed E-state index contributed by atoms with van der Waals surface area (Å²) in [6.45, 7) is 1.93. The highest BCUT2D eigenvalue weighted by atomic mass is 35.5. The van der Waals surface area contributed by atoms with Crippen molar-refractivity contribution >= 4 is 17.6 Å². The van der Waals surface area contributed by atoms with E-state index >= 15 is 0 Å². The number of piperidine rings is 1. The van der Waals surface area contributed by atoms with Gasteiger partial charge in [0.05, 0.1) is 0 Å². The number of hydrogen-bond acceptors (Lipinski definition) is 4. The van der Waals surface area contributed by atoms with Crippen molar-refractivity contribution in [2.75, 3.05) is 7.05 Å². The molecule has 0 spiro atoms. The third-order valence-electron chi connectivity index (χ3n) is 5.06. The maximum absolute atomic E-state index is 12.4. The summed E-state index contributed by atoms with van der Waals surface area (Å²) < 4.78 is 11.5. The molecular formula is C18H24ClNO3. The molecule has 1 aromatic carbocycles. The van der Waals surface area contributed by atoms with Crippen LogP contribution in [-0.2, 0) is 9.53 Å². The number of halogens is 1. The second-order valence-electron chi connectivity index (χ2n) is 6.55. The van der Waals surface area contributed by atoms with Crippen molar-refractivity contribution in [1.82, 2.24) is 4.90 Å². The second-order valence-corrected chi connectivity index (χ2v) is 6.99. The average Bonchev–Trinajstić information content (AvgIpc) is 2.75. The van der Waals surface area contributed by atoms with Crippen LogP contribution in [0.1, 0.15) is 39.0 Å². The Labute approximate surface area is 142 Å². The third-order valence-corrected chi connectivity index (χ3v) is 5.32. The van der Waals surface area contributed by atoms with Crippen molar-refractivity contribution in [3.63, 3.8) is 0 Å². The average molecular weight is 338 g/mol. The zero-order valence-corrected chi connectivity index (χ0v) is 14.5. The van der Waals surface area contributed by atoms with E-state index in [-0.39, 0.29) is 12.1 Å². The number of hydrogen-bond donors (Lipinski definition) is 0. The SMILES string of the molecule is CC[C@H](Oc1ccc(Cl)cc1)C(=O)OC1CC2CCC(C1)N2C. The number of benzene rings is 1. The lowest BCUT2D eigenvalue weighted by molar-refractivity contribution is -0.161. The summed E-state index contributed by atoms with van der Waals surface area (Å²) in [5.41, 5.74) is 0. The Morgan fingerprint density at radius 1 is 1.26 bits per heavy atom. The van der Waals surface area contributed by atoms with Crippen LogP contribution in [0.5, 0.6) is 5.75 Å². The molecule has 0 radical (unpaired) electrons. The molecule has 2 unspecified atom stereocenters. The first-order valence-corrected chi connectivity index (χ1v) is 8.79. The lowest BCUT2D eigenvalue weighted by Crippen LogP contribution is -2.44. The van der Waals surface area contributed by atoms with Gasteiger partial charge in [-0.25, -0.2) is 4.79 Å². The van der Waals surface area contributed by atoms with Crippen LogP contribution in [0, 0.1) is 0 Å². The van der Waals surface area contributed by atoms with Gasteiger partial charge in [0.15, 0.2) is 6.10 Å². The summed E-state index contributed by atoms with van der Waals surface area (Å²) in [5, 5.41) is 0.648. The van der Waals surface area contributed by atoms with Gasteiger partial charge in [0.1, 0.15) is 11.9 Å². The molecule has 2 aliphatic rings. The van der Waals surface area contributed by atoms with Crippen molar-refractivity contribution in [3.8, 4) is 5.75 Å². The van der Waals surface area contributed by atoms with Crippen molar-refractivity contribution in [2.24, 2.45) is 0 Å². The van der Waals surface area contributed by atoms with Crippen LogP contribution in [0.2, 0.25) is 5.02 Å². The van der Waals surface area contributed by atoms with Crippen LogP contribution >= 0.6 is 11.6 Å². The van der Waals surface area contributed by atoms with Crippen LogP contribution in [0.3, 0.4) is 0 Å². The standard InChI is InChI=1S/C18H24ClNO3/c1-3-17(22-15-8-4-12(19)5-9-15)18(21)23-16-10-13-6-7-14(11-16)20(13)2/h4-5,8-9,13-14,16-17H,3,6-7,10-11H2,1-2H3/t13?,14?,16?,17-/m0/s1. The Morgan fingerprint density at radius 2 is 1.87 bits per heavy atom. The highest BCUT2D eigenvalue weighted by molar-refractivity contribution is 6.30. The Bertz CT molecular complexity index is 534. The van der Waals surface area contributed by atoms with E-state index < -0.39 is 6.10 Å². The van der Waals surface area contributed by atoms with Crippen molar-refractivity contribution in [1.29, 1.82) is 0 Å². The van der Waals surface area contributed by atoms with Crippen LogP contribution in [0.4, 0.5) is 0 Å². The second kappa shape index (κ2) is 7.10. The van der Waals surface area contributed by atoms with E-state index in [0.717, 1.165) is 12.8 Å². The maximum atomic E-state index is 12.4. The van der Waals surface area contributed by atoms with Crippen LogP contribution < -0.4 is 4.74 Å². The van der Waals surface area contributed by atoms with Gasteiger partial charge in [-0.1, -0.05) is 18.5 Å². The van der Waals surface area contributed by atoms with Crippen molar-refractivity contribution < 1.29 is 14.3 Å². The summed E-state index contributed by atoms with van der Waals surface area (Å²) in [4.78, 5) is 14.9. The summed E-state index contributed by atoms with van der Waals surface area (Å²) >= 11 is 5.87. The normalized spacial score (nSPS) is 28.4. The maximum Gasteiger partial charge on any atom is 0.347 e. The fourth-order valence-corrected chi connectivity index (χ4v) is 3.80. The van der Waals surface area contributed by atoms with E-state index in [9.17, 15) is 4.79 Å². The zero-order chi connectivity index (χ0) is 16.4. The summed E-state index contributed by atoms with van der Waals surface area (Å²) in [7, 11) is 2.18. The molecule has 1 aromatic rings. The molecule has 0 saturated carbocycles. The largest absolute Gasteiger partial charge is 0.479 e. The summed E-state index contributed by atoms with van der Waals surface area (Å²) in [5.74, 6) is 0.387. The first-order chi connectivity index (χ1) is 11.1. The van der Waals surface area contributed by atoms with E-state index in [0.29, 0.717) is 29.3 Å². The van der Waals surface area contributed by atoms with E-state index in [4.69, 9.17) is 21.1 Å². The van der Waals surface area contributed by atoms with E-state index in [2.05, 4.69) is 11.9 Å². The van der Waals surface area contributed by atoms with Crippen LogP contribution in [0.15, 0.2) is 24.3 Å². The number of rotatable bonds is 5. The topological polar surface area (TPSA) is 38.8 Å². The fourth-order valence-electron chi connectivity index (χ4n) is 3.67. The first-order valence-electron chi connectivity index (χ1n) is 8.41. The highest BCUT2D eigenvalue weighted by Gasteiger charge is 2.40. The Kier molecular flexibility index (Phi) is 5.12. The fraction of sp³-hybridized carbons (Fsp3) is 0.611. The number of carbonyl (C=O) groups excluding carboxylic acids is 1. The van der Waals surface area contributed by atoms with Gasteiger partial charge >= 0.3 is 5.97 Å². The predicted molar refractivity (Wildman–Crippen MR) is 89.8 cm³/mol. The molecule has 0 N–H and O–H groups in total. The molecule has 23 heavy (non-hydrogen) atoms. The van der Waals surface area contributed by atoms with E-state index in [1.807, 2.05) is 6.92 Å². The molecule has 4 nitrogen and oxygen atoms in total. The molecule has 2 fully saturated rings. The molecule has 0 amide bonds. The molecular weight excluding hydrogens is 314 g/mol. The molecule has 126 valence electrons. The molecule has 2 heterocycles. The third kappa shape index (κ3) is 3.81. The Hall–Kier alpha value is -1.26. The van der Waals surface area contributed by atoms with E-state index in [1.165, 1.54) is 12.8 Å². The van der Waals surface area contributed by atoms with Crippen LogP contribution in [0.25, 0.3) is 0 Å². The highest BCUT2D eigenvalue weighted by Crippen LogP contribution is 2.35. The summed E-state index contributed by atoms with van der Waals surface area (Å²) in [6.07, 6.45) is 4.36. The minimum absolute atomic E-state index is 0.0269. The van der Waals surface area contributed by atoms with Crippen LogP contribution in [-0.4, -0.2) is 42.2 Å². The lowest BCUT2D eigenvalue weighted by Gasteiger charge is -2.36. The zero-order valence-electron chi connectivity index (χ0n) is 13.7. The first kappa shape index (κ1) is 16.6. The number of esters is 1. The van der Waals surface area contributed by atoms with Gasteiger partial charge in [-0.15, -0.1) is 0 Å². The van der Waals surface area contributed by atoms with Gasteiger partial charge in [0, 0.05) is 17.1 Å². The number of ether oxygens (including phenoxy) is 2. The van der Waals surface area contributed by atoms with Crippen molar-refractivity contribution in [3.05, 3.63) is 29.3 Å². The van der Waals surface area contributed by atoms with Gasteiger partial charge in [0.2, 0.25) is 0 Å². The van der Waals surface area contributed by atoms with E-state index in [1.54, 1.807) is 24.3 Å². The smallest absolute Gasteiger partial charge is 0.347 e. The number of fused-ring (bicyclic) bond motifs is 2.